The van der Waals surface area contributed by atoms with Crippen LogP contribution >= 0.6 is 11.6 Å². The van der Waals surface area contributed by atoms with Gasteiger partial charge in [-0.3, -0.25) is 0 Å². The number of ether oxygens (including phenoxy) is 1. The van der Waals surface area contributed by atoms with E-state index < -0.39 is 0 Å². The molecule has 0 aliphatic carbocycles. The summed E-state index contributed by atoms with van der Waals surface area (Å²) in [4.78, 5) is 0. The van der Waals surface area contributed by atoms with E-state index in [0.717, 1.165) is 29.2 Å². The summed E-state index contributed by atoms with van der Waals surface area (Å²) in [6.45, 7) is 2.70. The molecule has 0 amide bonds. The monoisotopic (exact) mass is 211 g/mol. The largest absolute Gasteiger partial charge is 0.490 e. The first-order chi connectivity index (χ1) is 6.70. The van der Waals surface area contributed by atoms with Crippen molar-refractivity contribution in [3.63, 3.8) is 0 Å². The van der Waals surface area contributed by atoms with Crippen molar-refractivity contribution in [2.24, 2.45) is 5.73 Å². The number of benzene rings is 1. The van der Waals surface area contributed by atoms with Crippen LogP contribution in [0.5, 0.6) is 5.75 Å². The third-order valence-electron chi connectivity index (χ3n) is 2.45. The second-order valence-corrected chi connectivity index (χ2v) is 4.16. The Bertz CT molecular complexity index is 351. The topological polar surface area (TPSA) is 35.2 Å². The number of hydrogen-bond donors (Lipinski definition) is 1. The predicted molar refractivity (Wildman–Crippen MR) is 58.0 cm³/mol. The minimum Gasteiger partial charge on any atom is -0.490 e. The molecule has 1 aliphatic rings. The van der Waals surface area contributed by atoms with Crippen LogP contribution in [0.4, 0.5) is 0 Å². The van der Waals surface area contributed by atoms with E-state index in [0.29, 0.717) is 6.54 Å². The molecule has 1 aromatic rings. The van der Waals surface area contributed by atoms with Gasteiger partial charge in [0.25, 0.3) is 0 Å². The summed E-state index contributed by atoms with van der Waals surface area (Å²) in [5.74, 6) is 1.01. The molecule has 2 rings (SSSR count). The Labute approximate surface area is 89.0 Å². The highest BCUT2D eigenvalue weighted by atomic mass is 35.5. The van der Waals surface area contributed by atoms with E-state index in [9.17, 15) is 0 Å². The second-order valence-electron chi connectivity index (χ2n) is 3.72. The fourth-order valence-electron chi connectivity index (χ4n) is 1.91. The van der Waals surface area contributed by atoms with Gasteiger partial charge in [0.1, 0.15) is 11.9 Å². The molecule has 0 spiro atoms. The van der Waals surface area contributed by atoms with Crippen molar-refractivity contribution in [1.29, 1.82) is 0 Å². The Morgan fingerprint density at radius 2 is 2.36 bits per heavy atom. The summed E-state index contributed by atoms with van der Waals surface area (Å²) in [5.41, 5.74) is 7.90. The summed E-state index contributed by atoms with van der Waals surface area (Å²) < 4.78 is 5.73. The Balaban J connectivity index is 2.41. The molecule has 1 aromatic carbocycles. The van der Waals surface area contributed by atoms with E-state index in [1.807, 2.05) is 12.1 Å². The van der Waals surface area contributed by atoms with Crippen LogP contribution in [0, 0.1) is 0 Å². The van der Waals surface area contributed by atoms with Crippen LogP contribution in [-0.4, -0.2) is 12.6 Å². The molecule has 1 heterocycles. The molecule has 1 aliphatic heterocycles. The lowest BCUT2D eigenvalue weighted by molar-refractivity contribution is 0.252. The fourth-order valence-corrected chi connectivity index (χ4v) is 2.17. The van der Waals surface area contributed by atoms with E-state index in [-0.39, 0.29) is 6.10 Å². The van der Waals surface area contributed by atoms with Crippen molar-refractivity contribution in [1.82, 2.24) is 0 Å². The Hall–Kier alpha value is -0.730. The molecule has 14 heavy (non-hydrogen) atoms. The van der Waals surface area contributed by atoms with Gasteiger partial charge in [-0.15, -0.1) is 0 Å². The zero-order valence-corrected chi connectivity index (χ0v) is 8.97. The lowest BCUT2D eigenvalue weighted by Gasteiger charge is -2.08. The van der Waals surface area contributed by atoms with Gasteiger partial charge in [0.15, 0.2) is 0 Å². The first-order valence-electron chi connectivity index (χ1n) is 4.88. The number of halogens is 1. The first-order valence-corrected chi connectivity index (χ1v) is 5.26. The molecule has 0 aromatic heterocycles. The van der Waals surface area contributed by atoms with Gasteiger partial charge < -0.3 is 10.5 Å². The molecule has 76 valence electrons. The number of fused-ring (bicyclic) bond motifs is 1. The molecule has 1 atom stereocenters. The molecule has 0 saturated carbocycles. The van der Waals surface area contributed by atoms with Gasteiger partial charge in [0.05, 0.1) is 0 Å². The minimum absolute atomic E-state index is 0.264. The predicted octanol–water partition coefficient (Wildman–Crippen LogP) is 2.16. The number of rotatable bonds is 2. The van der Waals surface area contributed by atoms with Crippen molar-refractivity contribution < 1.29 is 4.74 Å². The van der Waals surface area contributed by atoms with E-state index in [1.54, 1.807) is 0 Å². The average Bonchev–Trinajstić information content (AvgIpc) is 2.45. The van der Waals surface area contributed by atoms with Crippen LogP contribution in [0.3, 0.4) is 0 Å². The quantitative estimate of drug-likeness (QED) is 0.814. The van der Waals surface area contributed by atoms with Crippen LogP contribution in [0.15, 0.2) is 12.1 Å². The van der Waals surface area contributed by atoms with Crippen LogP contribution < -0.4 is 10.5 Å². The molecular formula is C11H14ClNO. The van der Waals surface area contributed by atoms with Crippen LogP contribution in [0.1, 0.15) is 18.1 Å². The zero-order valence-electron chi connectivity index (χ0n) is 8.22. The molecule has 1 unspecified atom stereocenters. The maximum atomic E-state index is 6.02. The van der Waals surface area contributed by atoms with Crippen LogP contribution in [-0.2, 0) is 12.8 Å². The third kappa shape index (κ3) is 1.72. The van der Waals surface area contributed by atoms with Gasteiger partial charge in [-0.25, -0.2) is 0 Å². The Kier molecular flexibility index (Phi) is 2.66. The lowest BCUT2D eigenvalue weighted by atomic mass is 10.0. The highest BCUT2D eigenvalue weighted by Crippen LogP contribution is 2.35. The second kappa shape index (κ2) is 3.79. The van der Waals surface area contributed by atoms with E-state index in [4.69, 9.17) is 22.1 Å². The summed E-state index contributed by atoms with van der Waals surface area (Å²) in [7, 11) is 0. The van der Waals surface area contributed by atoms with Gasteiger partial charge in [0.2, 0.25) is 0 Å². The average molecular weight is 212 g/mol. The number of hydrogen-bond acceptors (Lipinski definition) is 2. The molecule has 2 nitrogen and oxygen atoms in total. The van der Waals surface area contributed by atoms with Crippen LogP contribution in [0.2, 0.25) is 5.02 Å². The molecule has 0 radical (unpaired) electrons. The SMILES string of the molecule is CC1Cc2cc(Cl)cc(CCN)c2O1. The molecule has 0 saturated heterocycles. The van der Waals surface area contributed by atoms with Crippen molar-refractivity contribution in [3.8, 4) is 5.75 Å². The molecular weight excluding hydrogens is 198 g/mol. The van der Waals surface area contributed by atoms with Crippen LogP contribution in [0.25, 0.3) is 0 Å². The van der Waals surface area contributed by atoms with Crippen molar-refractivity contribution in [2.75, 3.05) is 6.54 Å². The van der Waals surface area contributed by atoms with Gasteiger partial charge in [0, 0.05) is 11.4 Å². The molecule has 3 heteroatoms. The summed E-state index contributed by atoms with van der Waals surface area (Å²) in [6, 6.07) is 3.94. The van der Waals surface area contributed by atoms with E-state index in [1.165, 1.54) is 5.56 Å². The third-order valence-corrected chi connectivity index (χ3v) is 2.67. The molecule has 0 bridgehead atoms. The van der Waals surface area contributed by atoms with E-state index in [2.05, 4.69) is 6.92 Å². The maximum Gasteiger partial charge on any atom is 0.126 e. The van der Waals surface area contributed by atoms with Gasteiger partial charge in [-0.05, 0) is 43.1 Å². The zero-order chi connectivity index (χ0) is 10.1. The van der Waals surface area contributed by atoms with Crippen molar-refractivity contribution in [3.05, 3.63) is 28.3 Å². The van der Waals surface area contributed by atoms with E-state index >= 15 is 0 Å². The summed E-state index contributed by atoms with van der Waals surface area (Å²) in [6.07, 6.45) is 2.04. The number of nitrogens with two attached hydrogens (primary N) is 1. The first kappa shape index (κ1) is 9.81. The Morgan fingerprint density at radius 3 is 3.07 bits per heavy atom. The lowest BCUT2D eigenvalue weighted by Crippen LogP contribution is -2.07. The van der Waals surface area contributed by atoms with Gasteiger partial charge in [-0.1, -0.05) is 11.6 Å². The highest BCUT2D eigenvalue weighted by Gasteiger charge is 2.22. The van der Waals surface area contributed by atoms with Gasteiger partial charge >= 0.3 is 0 Å². The standard InChI is InChI=1S/C11H14ClNO/c1-7-4-9-6-10(12)5-8(2-3-13)11(9)14-7/h5-7H,2-4,13H2,1H3. The fraction of sp³-hybridized carbons (Fsp3) is 0.455. The highest BCUT2D eigenvalue weighted by molar-refractivity contribution is 6.30. The normalized spacial score (nSPS) is 19.2. The maximum absolute atomic E-state index is 6.02. The van der Waals surface area contributed by atoms with Crippen molar-refractivity contribution >= 4 is 11.6 Å². The molecule has 2 N–H and O–H groups in total. The van der Waals surface area contributed by atoms with Crippen molar-refractivity contribution in [2.45, 2.75) is 25.9 Å². The smallest absolute Gasteiger partial charge is 0.126 e. The summed E-state index contributed by atoms with van der Waals surface area (Å²) >= 11 is 6.02. The Morgan fingerprint density at radius 1 is 1.57 bits per heavy atom. The summed E-state index contributed by atoms with van der Waals surface area (Å²) in [5, 5.41) is 0.782. The molecule has 0 fully saturated rings. The van der Waals surface area contributed by atoms with Gasteiger partial charge in [-0.2, -0.15) is 0 Å². The minimum atomic E-state index is 0.264.